The first-order valence-electron chi connectivity index (χ1n) is 10.4. The summed E-state index contributed by atoms with van der Waals surface area (Å²) in [5, 5.41) is 0. The van der Waals surface area contributed by atoms with Crippen molar-refractivity contribution in [3.63, 3.8) is 0 Å². The highest BCUT2D eigenvalue weighted by molar-refractivity contribution is 6.70. The van der Waals surface area contributed by atoms with E-state index in [2.05, 4.69) is 52.3 Å². The van der Waals surface area contributed by atoms with E-state index in [1.165, 1.54) is 51.4 Å². The van der Waals surface area contributed by atoms with E-state index in [4.69, 9.17) is 13.6 Å². The van der Waals surface area contributed by atoms with Crippen LogP contribution in [0.2, 0.25) is 39.3 Å². The van der Waals surface area contributed by atoms with E-state index in [0.717, 1.165) is 12.2 Å². The lowest BCUT2D eigenvalue weighted by Crippen LogP contribution is -2.26. The summed E-state index contributed by atoms with van der Waals surface area (Å²) in [6.07, 6.45) is 15.9. The Balaban J connectivity index is 4.56. The van der Waals surface area contributed by atoms with Crippen molar-refractivity contribution in [2.75, 3.05) is 7.11 Å². The number of methoxy groups -OCH3 is 1. The highest BCUT2D eigenvalue weighted by Crippen LogP contribution is 2.19. The van der Waals surface area contributed by atoms with Crippen LogP contribution in [0.5, 0.6) is 0 Å². The fraction of sp³-hybridized carbons (Fsp3) is 0.810. The molecule has 0 aromatic rings. The van der Waals surface area contributed by atoms with Crippen molar-refractivity contribution in [2.45, 2.75) is 104 Å². The van der Waals surface area contributed by atoms with Gasteiger partial charge in [0.2, 0.25) is 16.6 Å². The molecule has 154 valence electrons. The van der Waals surface area contributed by atoms with Crippen molar-refractivity contribution in [1.29, 1.82) is 0 Å². The van der Waals surface area contributed by atoms with Gasteiger partial charge in [-0.2, -0.15) is 0 Å². The fourth-order valence-corrected chi connectivity index (χ4v) is 4.15. The van der Waals surface area contributed by atoms with Crippen molar-refractivity contribution in [3.8, 4) is 0 Å². The molecule has 26 heavy (non-hydrogen) atoms. The Morgan fingerprint density at radius 3 is 1.69 bits per heavy atom. The molecule has 0 N–H and O–H groups in total. The second kappa shape index (κ2) is 13.5. The van der Waals surface area contributed by atoms with E-state index >= 15 is 0 Å². The molecule has 0 fully saturated rings. The Labute approximate surface area is 165 Å². The first-order chi connectivity index (χ1) is 12.1. The van der Waals surface area contributed by atoms with E-state index < -0.39 is 16.6 Å². The van der Waals surface area contributed by atoms with E-state index in [9.17, 15) is 0 Å². The number of unbranched alkanes of at least 4 members (excludes halogenated alkanes) is 8. The zero-order valence-corrected chi connectivity index (χ0v) is 20.7. The monoisotopic (exact) mass is 400 g/mol. The second-order valence-corrected chi connectivity index (χ2v) is 17.8. The van der Waals surface area contributed by atoms with Crippen LogP contribution in [0, 0.1) is 0 Å². The van der Waals surface area contributed by atoms with E-state index in [0.29, 0.717) is 5.95 Å². The Hall–Kier alpha value is -0.686. The number of hydrogen-bond donors (Lipinski definition) is 0. The van der Waals surface area contributed by atoms with Crippen molar-refractivity contribution in [2.24, 2.45) is 0 Å². The van der Waals surface area contributed by atoms with Gasteiger partial charge in [-0.15, -0.1) is 0 Å². The van der Waals surface area contributed by atoms with Gasteiger partial charge in [-0.1, -0.05) is 51.9 Å². The van der Waals surface area contributed by atoms with Gasteiger partial charge >= 0.3 is 0 Å². The smallest absolute Gasteiger partial charge is 0.268 e. The topological polar surface area (TPSA) is 27.7 Å². The van der Waals surface area contributed by atoms with Gasteiger partial charge in [-0.05, 0) is 58.2 Å². The summed E-state index contributed by atoms with van der Waals surface area (Å²) in [6, 6.07) is 0. The van der Waals surface area contributed by atoms with Crippen molar-refractivity contribution < 1.29 is 13.6 Å². The van der Waals surface area contributed by atoms with E-state index in [1.807, 2.05) is 6.08 Å². The Kier molecular flexibility index (Phi) is 13.1. The molecule has 0 saturated carbocycles. The molecule has 0 aliphatic heterocycles. The molecule has 0 atom stereocenters. The number of hydrogen-bond acceptors (Lipinski definition) is 3. The van der Waals surface area contributed by atoms with Gasteiger partial charge in [0.1, 0.15) is 5.76 Å². The Bertz CT molecular complexity index is 418. The third-order valence-corrected chi connectivity index (χ3v) is 5.36. The van der Waals surface area contributed by atoms with Crippen LogP contribution in [-0.4, -0.2) is 23.7 Å². The fourth-order valence-electron chi connectivity index (χ4n) is 2.55. The summed E-state index contributed by atoms with van der Waals surface area (Å²) in [4.78, 5) is 0. The van der Waals surface area contributed by atoms with Crippen LogP contribution in [-0.2, 0) is 13.6 Å². The summed E-state index contributed by atoms with van der Waals surface area (Å²) < 4.78 is 17.7. The predicted molar refractivity (Wildman–Crippen MR) is 119 cm³/mol. The standard InChI is InChI=1S/C21H44O3Si2/c1-9-10-11-12-13-14-15-16-17-18-20(23-25(3,4)5)19-21(22-2)24-26(6,7)8/h18-19H,9-17H2,1-8H3/b20-18-,21-19-. The molecule has 0 aromatic heterocycles. The van der Waals surface area contributed by atoms with Crippen LogP contribution in [0.4, 0.5) is 0 Å². The number of allylic oxidation sites excluding steroid dienone is 2. The van der Waals surface area contributed by atoms with Gasteiger partial charge in [0.25, 0.3) is 5.95 Å². The molecular formula is C21H44O3Si2. The molecule has 0 aliphatic rings. The van der Waals surface area contributed by atoms with Gasteiger partial charge in [0.15, 0.2) is 0 Å². The Morgan fingerprint density at radius 1 is 0.731 bits per heavy atom. The van der Waals surface area contributed by atoms with Crippen molar-refractivity contribution in [3.05, 3.63) is 23.9 Å². The van der Waals surface area contributed by atoms with Crippen LogP contribution < -0.4 is 0 Å². The summed E-state index contributed by atoms with van der Waals surface area (Å²) in [5.74, 6) is 1.48. The molecule has 0 rings (SSSR count). The average Bonchev–Trinajstić information content (AvgIpc) is 2.49. The lowest BCUT2D eigenvalue weighted by atomic mass is 10.1. The highest BCUT2D eigenvalue weighted by Gasteiger charge is 2.21. The summed E-state index contributed by atoms with van der Waals surface area (Å²) in [5.41, 5.74) is 0. The van der Waals surface area contributed by atoms with Crippen molar-refractivity contribution >= 4 is 16.6 Å². The minimum Gasteiger partial charge on any atom is -0.544 e. The minimum absolute atomic E-state index is 0.574. The first-order valence-corrected chi connectivity index (χ1v) is 17.2. The summed E-state index contributed by atoms with van der Waals surface area (Å²) >= 11 is 0. The molecule has 5 heteroatoms. The lowest BCUT2D eigenvalue weighted by molar-refractivity contribution is 0.145. The Morgan fingerprint density at radius 2 is 1.23 bits per heavy atom. The molecule has 0 aliphatic carbocycles. The van der Waals surface area contributed by atoms with E-state index in [1.54, 1.807) is 7.11 Å². The summed E-state index contributed by atoms with van der Waals surface area (Å²) in [6.45, 7) is 15.4. The third kappa shape index (κ3) is 16.8. The quantitative estimate of drug-likeness (QED) is 0.123. The first kappa shape index (κ1) is 25.3. The predicted octanol–water partition coefficient (Wildman–Crippen LogP) is 7.59. The average molecular weight is 401 g/mol. The molecule has 0 spiro atoms. The maximum atomic E-state index is 6.24. The zero-order chi connectivity index (χ0) is 20.1. The molecule has 3 nitrogen and oxygen atoms in total. The molecule has 0 saturated heterocycles. The van der Waals surface area contributed by atoms with Crippen LogP contribution in [0.1, 0.15) is 64.7 Å². The summed E-state index contributed by atoms with van der Waals surface area (Å²) in [7, 11) is -1.70. The van der Waals surface area contributed by atoms with E-state index in [-0.39, 0.29) is 0 Å². The molecular weight excluding hydrogens is 356 g/mol. The third-order valence-electron chi connectivity index (χ3n) is 3.70. The minimum atomic E-state index is -1.69. The molecule has 0 amide bonds. The van der Waals surface area contributed by atoms with Gasteiger partial charge in [0, 0.05) is 0 Å². The van der Waals surface area contributed by atoms with Crippen LogP contribution in [0.15, 0.2) is 23.9 Å². The lowest BCUT2D eigenvalue weighted by Gasteiger charge is -2.23. The second-order valence-electron chi connectivity index (χ2n) is 8.97. The normalized spacial score (nSPS) is 13.7. The molecule has 0 bridgehead atoms. The van der Waals surface area contributed by atoms with Gasteiger partial charge < -0.3 is 13.6 Å². The highest BCUT2D eigenvalue weighted by atomic mass is 28.4. The largest absolute Gasteiger partial charge is 0.544 e. The number of rotatable bonds is 15. The molecule has 0 heterocycles. The van der Waals surface area contributed by atoms with Gasteiger partial charge in [-0.25, -0.2) is 0 Å². The van der Waals surface area contributed by atoms with Crippen molar-refractivity contribution in [1.82, 2.24) is 0 Å². The molecule has 0 radical (unpaired) electrons. The van der Waals surface area contributed by atoms with Gasteiger partial charge in [-0.3, -0.25) is 0 Å². The van der Waals surface area contributed by atoms with Crippen LogP contribution >= 0.6 is 0 Å². The number of ether oxygens (including phenoxy) is 1. The molecule has 0 unspecified atom stereocenters. The van der Waals surface area contributed by atoms with Gasteiger partial charge in [0.05, 0.1) is 13.2 Å². The van der Waals surface area contributed by atoms with Crippen LogP contribution in [0.3, 0.4) is 0 Å². The van der Waals surface area contributed by atoms with Crippen LogP contribution in [0.25, 0.3) is 0 Å². The maximum Gasteiger partial charge on any atom is 0.268 e. The zero-order valence-electron chi connectivity index (χ0n) is 18.7. The maximum absolute atomic E-state index is 6.24. The molecule has 0 aromatic carbocycles. The SMILES string of the molecule is CCCCCCCCCC/C=C(/C=C(/OC)O[Si](C)(C)C)O[Si](C)(C)C.